The molecule has 1 rings (SSSR count). The molecule has 1 aromatic heterocycles. The van der Waals surface area contributed by atoms with Crippen molar-refractivity contribution in [2.75, 3.05) is 39.9 Å². The first-order valence-electron chi connectivity index (χ1n) is 10.2. The maximum Gasteiger partial charge on any atom is 0.410 e. The van der Waals surface area contributed by atoms with Crippen molar-refractivity contribution in [3.63, 3.8) is 0 Å². The van der Waals surface area contributed by atoms with E-state index in [2.05, 4.69) is 20.6 Å². The number of aliphatic imine (C=N–C) groups is 1. The van der Waals surface area contributed by atoms with Crippen molar-refractivity contribution in [2.24, 2.45) is 4.99 Å². The van der Waals surface area contributed by atoms with E-state index in [1.165, 1.54) is 0 Å². The molecule has 0 aliphatic carbocycles. The molecule has 8 nitrogen and oxygen atoms in total. The highest BCUT2D eigenvalue weighted by atomic mass is 16.6. The Bertz CT molecular complexity index is 602. The Morgan fingerprint density at radius 2 is 1.97 bits per heavy atom. The molecule has 0 unspecified atom stereocenters. The SMILES string of the molecule is CCOCCCNC(=NC)NCCCN(Cc1cccnc1)C(=O)OC(C)(C)C. The molecule has 164 valence electrons. The fraction of sp³-hybridized carbons (Fsp3) is 0.667. The molecular formula is C21H37N5O3. The first-order valence-corrected chi connectivity index (χ1v) is 10.2. The van der Waals surface area contributed by atoms with Gasteiger partial charge in [0.05, 0.1) is 6.54 Å². The van der Waals surface area contributed by atoms with E-state index in [-0.39, 0.29) is 6.09 Å². The predicted octanol–water partition coefficient (Wildman–Crippen LogP) is 2.80. The van der Waals surface area contributed by atoms with Gasteiger partial charge in [-0.2, -0.15) is 0 Å². The number of nitrogens with one attached hydrogen (secondary N) is 2. The zero-order chi connectivity index (χ0) is 21.5. The molecule has 0 aliphatic heterocycles. The van der Waals surface area contributed by atoms with Crippen LogP contribution in [0.3, 0.4) is 0 Å². The first-order chi connectivity index (χ1) is 13.9. The molecule has 0 bridgehead atoms. The molecule has 0 aromatic carbocycles. The second-order valence-electron chi connectivity index (χ2n) is 7.59. The summed E-state index contributed by atoms with van der Waals surface area (Å²) in [4.78, 5) is 22.6. The lowest BCUT2D eigenvalue weighted by atomic mass is 10.2. The minimum atomic E-state index is -0.532. The molecule has 0 atom stereocenters. The number of ether oxygens (including phenoxy) is 2. The van der Waals surface area contributed by atoms with Gasteiger partial charge in [-0.3, -0.25) is 9.98 Å². The largest absolute Gasteiger partial charge is 0.444 e. The van der Waals surface area contributed by atoms with E-state index in [1.807, 2.05) is 39.8 Å². The van der Waals surface area contributed by atoms with Crippen molar-refractivity contribution in [3.05, 3.63) is 30.1 Å². The summed E-state index contributed by atoms with van der Waals surface area (Å²) in [5.74, 6) is 0.748. The molecule has 0 saturated carbocycles. The van der Waals surface area contributed by atoms with Crippen LogP contribution in [0.2, 0.25) is 0 Å². The van der Waals surface area contributed by atoms with Crippen LogP contribution in [0.4, 0.5) is 4.79 Å². The van der Waals surface area contributed by atoms with Gasteiger partial charge in [0.2, 0.25) is 0 Å². The van der Waals surface area contributed by atoms with Crippen LogP contribution >= 0.6 is 0 Å². The second-order valence-corrected chi connectivity index (χ2v) is 7.59. The van der Waals surface area contributed by atoms with Crippen LogP contribution < -0.4 is 10.6 Å². The van der Waals surface area contributed by atoms with Crippen molar-refractivity contribution in [2.45, 2.75) is 52.7 Å². The molecule has 0 spiro atoms. The van der Waals surface area contributed by atoms with Gasteiger partial charge in [0, 0.05) is 52.3 Å². The number of guanidine groups is 1. The van der Waals surface area contributed by atoms with Crippen molar-refractivity contribution in [1.82, 2.24) is 20.5 Å². The Morgan fingerprint density at radius 3 is 2.55 bits per heavy atom. The van der Waals surface area contributed by atoms with E-state index in [9.17, 15) is 4.79 Å². The number of rotatable bonds is 11. The standard InChI is InChI=1S/C21H37N5O3/c1-6-28-15-9-13-25-19(22-5)24-12-8-14-26(20(27)29-21(2,3)4)17-18-10-7-11-23-16-18/h7,10-11,16H,6,8-9,12-15,17H2,1-5H3,(H2,22,24,25). The van der Waals surface area contributed by atoms with Gasteiger partial charge in [-0.05, 0) is 52.2 Å². The van der Waals surface area contributed by atoms with Crippen LogP contribution in [0, 0.1) is 0 Å². The van der Waals surface area contributed by atoms with Gasteiger partial charge >= 0.3 is 6.09 Å². The van der Waals surface area contributed by atoms with E-state index >= 15 is 0 Å². The van der Waals surface area contributed by atoms with Crippen LogP contribution in [-0.4, -0.2) is 67.4 Å². The summed E-state index contributed by atoms with van der Waals surface area (Å²) in [5, 5.41) is 6.53. The molecule has 0 aliphatic rings. The zero-order valence-electron chi connectivity index (χ0n) is 18.5. The first kappa shape index (κ1) is 24.7. The molecule has 8 heteroatoms. The Labute approximate surface area is 175 Å². The Balaban J connectivity index is 2.47. The lowest BCUT2D eigenvalue weighted by molar-refractivity contribution is 0.0232. The zero-order valence-corrected chi connectivity index (χ0v) is 18.5. The number of carbonyl (C=O) groups excluding carboxylic acids is 1. The third-order valence-corrected chi connectivity index (χ3v) is 3.83. The van der Waals surface area contributed by atoms with Gasteiger partial charge in [0.1, 0.15) is 5.60 Å². The highest BCUT2D eigenvalue weighted by Crippen LogP contribution is 2.12. The van der Waals surface area contributed by atoms with Gasteiger partial charge in [0.25, 0.3) is 0 Å². The van der Waals surface area contributed by atoms with E-state index in [1.54, 1.807) is 24.3 Å². The molecule has 0 saturated heterocycles. The number of aromatic nitrogens is 1. The summed E-state index contributed by atoms with van der Waals surface area (Å²) in [5.41, 5.74) is 0.439. The molecule has 2 N–H and O–H groups in total. The van der Waals surface area contributed by atoms with Crippen molar-refractivity contribution in [3.8, 4) is 0 Å². The van der Waals surface area contributed by atoms with Crippen LogP contribution in [0.1, 0.15) is 46.1 Å². The van der Waals surface area contributed by atoms with E-state index < -0.39 is 5.60 Å². The van der Waals surface area contributed by atoms with Crippen LogP contribution in [0.15, 0.2) is 29.5 Å². The van der Waals surface area contributed by atoms with E-state index in [4.69, 9.17) is 9.47 Å². The van der Waals surface area contributed by atoms with Crippen molar-refractivity contribution in [1.29, 1.82) is 0 Å². The minimum absolute atomic E-state index is 0.320. The Hall–Kier alpha value is -2.35. The highest BCUT2D eigenvalue weighted by molar-refractivity contribution is 5.79. The van der Waals surface area contributed by atoms with Gasteiger partial charge in [-0.25, -0.2) is 4.79 Å². The van der Waals surface area contributed by atoms with Gasteiger partial charge < -0.3 is 25.0 Å². The molecular weight excluding hydrogens is 370 g/mol. The summed E-state index contributed by atoms with van der Waals surface area (Å²) in [6, 6.07) is 3.82. The van der Waals surface area contributed by atoms with Gasteiger partial charge in [-0.15, -0.1) is 0 Å². The van der Waals surface area contributed by atoms with Gasteiger partial charge in [-0.1, -0.05) is 6.07 Å². The fourth-order valence-electron chi connectivity index (χ4n) is 2.50. The average Bonchev–Trinajstić information content (AvgIpc) is 2.67. The summed E-state index contributed by atoms with van der Waals surface area (Å²) in [6.45, 7) is 11.6. The van der Waals surface area contributed by atoms with Crippen LogP contribution in [0.25, 0.3) is 0 Å². The molecule has 29 heavy (non-hydrogen) atoms. The number of pyridine rings is 1. The fourth-order valence-corrected chi connectivity index (χ4v) is 2.50. The summed E-state index contributed by atoms with van der Waals surface area (Å²) in [7, 11) is 1.74. The van der Waals surface area contributed by atoms with Crippen molar-refractivity contribution >= 4 is 12.1 Å². The molecule has 0 fully saturated rings. The normalized spacial score (nSPS) is 11.8. The number of amides is 1. The average molecular weight is 408 g/mol. The Morgan fingerprint density at radius 1 is 1.24 bits per heavy atom. The second kappa shape index (κ2) is 13.8. The quantitative estimate of drug-likeness (QED) is 0.333. The Kier molecular flexibility index (Phi) is 11.7. The number of hydrogen-bond acceptors (Lipinski definition) is 5. The number of nitrogens with zero attached hydrogens (tertiary/aromatic N) is 3. The number of carbonyl (C=O) groups is 1. The lowest BCUT2D eigenvalue weighted by Gasteiger charge is -2.27. The maximum absolute atomic E-state index is 12.6. The summed E-state index contributed by atoms with van der Waals surface area (Å²) >= 11 is 0. The lowest BCUT2D eigenvalue weighted by Crippen LogP contribution is -2.41. The molecule has 0 radical (unpaired) electrons. The maximum atomic E-state index is 12.6. The number of hydrogen-bond donors (Lipinski definition) is 2. The summed E-state index contributed by atoms with van der Waals surface area (Å²) < 4.78 is 10.9. The minimum Gasteiger partial charge on any atom is -0.444 e. The topological polar surface area (TPSA) is 88.1 Å². The molecule has 1 amide bonds. The molecule has 1 aromatic rings. The highest BCUT2D eigenvalue weighted by Gasteiger charge is 2.22. The summed E-state index contributed by atoms with van der Waals surface area (Å²) in [6.07, 6.45) is 4.85. The smallest absolute Gasteiger partial charge is 0.410 e. The van der Waals surface area contributed by atoms with Gasteiger partial charge in [0.15, 0.2) is 5.96 Å². The monoisotopic (exact) mass is 407 g/mol. The third kappa shape index (κ3) is 11.9. The van der Waals surface area contributed by atoms with E-state index in [0.29, 0.717) is 19.6 Å². The van der Waals surface area contributed by atoms with E-state index in [0.717, 1.165) is 44.1 Å². The van der Waals surface area contributed by atoms with Crippen molar-refractivity contribution < 1.29 is 14.3 Å². The predicted molar refractivity (Wildman–Crippen MR) is 116 cm³/mol. The third-order valence-electron chi connectivity index (χ3n) is 3.83. The molecule has 1 heterocycles. The van der Waals surface area contributed by atoms with Crippen LogP contribution in [0.5, 0.6) is 0 Å². The van der Waals surface area contributed by atoms with Crippen LogP contribution in [-0.2, 0) is 16.0 Å².